The number of halogens is 1. The van der Waals surface area contributed by atoms with Crippen LogP contribution in [0.5, 0.6) is 5.88 Å². The van der Waals surface area contributed by atoms with Crippen LogP contribution in [-0.2, 0) is 6.54 Å². The Balaban J connectivity index is 2.39. The van der Waals surface area contributed by atoms with E-state index in [1.165, 1.54) is 0 Å². The Morgan fingerprint density at radius 1 is 1.25 bits per heavy atom. The van der Waals surface area contributed by atoms with E-state index >= 15 is 0 Å². The maximum absolute atomic E-state index is 6.10. The Morgan fingerprint density at radius 3 is 2.80 bits per heavy atom. The van der Waals surface area contributed by atoms with Gasteiger partial charge in [0.2, 0.25) is 5.88 Å². The highest BCUT2D eigenvalue weighted by Gasteiger charge is 2.12. The summed E-state index contributed by atoms with van der Waals surface area (Å²) in [7, 11) is 1.60. The number of hydrogen-bond donors (Lipinski definition) is 1. The van der Waals surface area contributed by atoms with Crippen molar-refractivity contribution in [3.63, 3.8) is 0 Å². The summed E-state index contributed by atoms with van der Waals surface area (Å²) in [5.74, 6) is 0.520. The van der Waals surface area contributed by atoms with Crippen LogP contribution in [0.1, 0.15) is 18.9 Å². The minimum atomic E-state index is 0.520. The van der Waals surface area contributed by atoms with Crippen LogP contribution in [0.4, 0.5) is 0 Å². The number of nitrogens with zero attached hydrogens (tertiary/aromatic N) is 2. The molecule has 0 saturated heterocycles. The first-order valence-electron chi connectivity index (χ1n) is 6.60. The van der Waals surface area contributed by atoms with Gasteiger partial charge in [0, 0.05) is 29.5 Å². The first-order valence-corrected chi connectivity index (χ1v) is 6.98. The van der Waals surface area contributed by atoms with Gasteiger partial charge in [0.15, 0.2) is 0 Å². The van der Waals surface area contributed by atoms with Gasteiger partial charge in [-0.05, 0) is 30.7 Å². The monoisotopic (exact) mass is 291 g/mol. The summed E-state index contributed by atoms with van der Waals surface area (Å²) in [5.41, 5.74) is 2.81. The summed E-state index contributed by atoms with van der Waals surface area (Å²) >= 11 is 6.10. The summed E-state index contributed by atoms with van der Waals surface area (Å²) in [6.45, 7) is 3.84. The summed E-state index contributed by atoms with van der Waals surface area (Å²) in [5, 5.41) is 4.09. The van der Waals surface area contributed by atoms with Crippen molar-refractivity contribution in [3.05, 3.63) is 41.2 Å². The second-order valence-corrected chi connectivity index (χ2v) is 4.83. The van der Waals surface area contributed by atoms with E-state index in [4.69, 9.17) is 16.3 Å². The van der Waals surface area contributed by atoms with Crippen molar-refractivity contribution in [1.29, 1.82) is 0 Å². The lowest BCUT2D eigenvalue weighted by atomic mass is 10.0. The fourth-order valence-electron chi connectivity index (χ4n) is 2.00. The Bertz CT molecular complexity index is 575. The van der Waals surface area contributed by atoms with E-state index in [1.54, 1.807) is 19.5 Å². The normalized spacial score (nSPS) is 10.6. The highest BCUT2D eigenvalue weighted by Crippen LogP contribution is 2.30. The lowest BCUT2D eigenvalue weighted by Gasteiger charge is -2.12. The fraction of sp³-hybridized carbons (Fsp3) is 0.333. The quantitative estimate of drug-likeness (QED) is 0.830. The molecular formula is C15H18ClN3O. The van der Waals surface area contributed by atoms with Gasteiger partial charge < -0.3 is 10.1 Å². The number of aromatic nitrogens is 2. The molecule has 0 aliphatic heterocycles. The zero-order chi connectivity index (χ0) is 14.4. The highest BCUT2D eigenvalue weighted by atomic mass is 35.5. The number of hydrogen-bond acceptors (Lipinski definition) is 4. The van der Waals surface area contributed by atoms with Crippen LogP contribution in [0.2, 0.25) is 5.02 Å². The molecule has 1 heterocycles. The Morgan fingerprint density at radius 2 is 2.05 bits per heavy atom. The zero-order valence-electron chi connectivity index (χ0n) is 11.7. The standard InChI is InChI=1S/C15H18ClN3O/c1-3-6-17-10-11-9-12(16)4-5-13(11)14-15(20-2)19-8-7-18-14/h4-5,7-9,17H,3,6,10H2,1-2H3. The van der Waals surface area contributed by atoms with Gasteiger partial charge in [-0.15, -0.1) is 0 Å². The van der Waals surface area contributed by atoms with Crippen molar-refractivity contribution in [1.82, 2.24) is 15.3 Å². The average Bonchev–Trinajstić information content (AvgIpc) is 2.48. The molecule has 0 saturated carbocycles. The minimum Gasteiger partial charge on any atom is -0.479 e. The van der Waals surface area contributed by atoms with Crippen LogP contribution in [0.15, 0.2) is 30.6 Å². The van der Waals surface area contributed by atoms with Crippen molar-refractivity contribution < 1.29 is 4.74 Å². The molecule has 0 aliphatic carbocycles. The maximum atomic E-state index is 6.10. The first-order chi connectivity index (χ1) is 9.76. The van der Waals surface area contributed by atoms with E-state index in [0.29, 0.717) is 10.9 Å². The van der Waals surface area contributed by atoms with Gasteiger partial charge in [0.05, 0.1) is 7.11 Å². The average molecular weight is 292 g/mol. The van der Waals surface area contributed by atoms with Crippen molar-refractivity contribution in [2.75, 3.05) is 13.7 Å². The number of nitrogens with one attached hydrogen (secondary N) is 1. The predicted molar refractivity (Wildman–Crippen MR) is 81.0 cm³/mol. The topological polar surface area (TPSA) is 47.0 Å². The molecule has 0 atom stereocenters. The molecule has 0 bridgehead atoms. The van der Waals surface area contributed by atoms with Crippen LogP contribution in [-0.4, -0.2) is 23.6 Å². The molecule has 106 valence electrons. The van der Waals surface area contributed by atoms with E-state index in [2.05, 4.69) is 22.2 Å². The van der Waals surface area contributed by atoms with E-state index in [-0.39, 0.29) is 0 Å². The Labute approximate surface area is 124 Å². The number of methoxy groups -OCH3 is 1. The molecule has 0 unspecified atom stereocenters. The third-order valence-corrected chi connectivity index (χ3v) is 3.16. The van der Waals surface area contributed by atoms with E-state index < -0.39 is 0 Å². The largest absolute Gasteiger partial charge is 0.479 e. The molecule has 0 amide bonds. The summed E-state index contributed by atoms with van der Waals surface area (Å²) < 4.78 is 5.28. The molecule has 2 aromatic rings. The highest BCUT2D eigenvalue weighted by molar-refractivity contribution is 6.30. The zero-order valence-corrected chi connectivity index (χ0v) is 12.4. The molecular weight excluding hydrogens is 274 g/mol. The van der Waals surface area contributed by atoms with Crippen LogP contribution >= 0.6 is 11.6 Å². The number of ether oxygens (including phenoxy) is 1. The molecule has 1 N–H and O–H groups in total. The smallest absolute Gasteiger partial charge is 0.240 e. The molecule has 5 heteroatoms. The second-order valence-electron chi connectivity index (χ2n) is 4.39. The Kier molecular flexibility index (Phi) is 5.32. The summed E-state index contributed by atoms with van der Waals surface area (Å²) in [6.07, 6.45) is 4.37. The van der Waals surface area contributed by atoms with Crippen LogP contribution < -0.4 is 10.1 Å². The SMILES string of the molecule is CCCNCc1cc(Cl)ccc1-c1nccnc1OC. The predicted octanol–water partition coefficient (Wildman–Crippen LogP) is 3.31. The first kappa shape index (κ1) is 14.8. The lowest BCUT2D eigenvalue weighted by Crippen LogP contribution is -2.14. The van der Waals surface area contributed by atoms with Crippen molar-refractivity contribution >= 4 is 11.6 Å². The summed E-state index contributed by atoms with van der Waals surface area (Å²) in [6, 6.07) is 5.76. The van der Waals surface area contributed by atoms with Gasteiger partial charge in [0.25, 0.3) is 0 Å². The van der Waals surface area contributed by atoms with Crippen molar-refractivity contribution in [3.8, 4) is 17.1 Å². The summed E-state index contributed by atoms with van der Waals surface area (Å²) in [4.78, 5) is 8.58. The molecule has 2 rings (SSSR count). The van der Waals surface area contributed by atoms with Crippen molar-refractivity contribution in [2.24, 2.45) is 0 Å². The molecule has 20 heavy (non-hydrogen) atoms. The number of benzene rings is 1. The minimum absolute atomic E-state index is 0.520. The number of rotatable bonds is 6. The van der Waals surface area contributed by atoms with Gasteiger partial charge >= 0.3 is 0 Å². The van der Waals surface area contributed by atoms with E-state index in [0.717, 1.165) is 36.3 Å². The molecule has 1 aromatic carbocycles. The van der Waals surface area contributed by atoms with Gasteiger partial charge in [-0.25, -0.2) is 9.97 Å². The van der Waals surface area contributed by atoms with Crippen LogP contribution in [0.25, 0.3) is 11.3 Å². The lowest BCUT2D eigenvalue weighted by molar-refractivity contribution is 0.397. The second kappa shape index (κ2) is 7.22. The Hall–Kier alpha value is -1.65. The van der Waals surface area contributed by atoms with Crippen LogP contribution in [0.3, 0.4) is 0 Å². The molecule has 0 aliphatic rings. The van der Waals surface area contributed by atoms with Gasteiger partial charge in [-0.2, -0.15) is 0 Å². The van der Waals surface area contributed by atoms with Crippen molar-refractivity contribution in [2.45, 2.75) is 19.9 Å². The molecule has 0 radical (unpaired) electrons. The fourth-order valence-corrected chi connectivity index (χ4v) is 2.19. The molecule has 0 fully saturated rings. The molecule has 1 aromatic heterocycles. The third kappa shape index (κ3) is 3.46. The molecule has 4 nitrogen and oxygen atoms in total. The van der Waals surface area contributed by atoms with E-state index in [1.807, 2.05) is 18.2 Å². The van der Waals surface area contributed by atoms with E-state index in [9.17, 15) is 0 Å². The third-order valence-electron chi connectivity index (χ3n) is 2.92. The van der Waals surface area contributed by atoms with Crippen LogP contribution in [0, 0.1) is 0 Å². The van der Waals surface area contributed by atoms with Gasteiger partial charge in [0.1, 0.15) is 5.69 Å². The molecule has 0 spiro atoms. The van der Waals surface area contributed by atoms with Gasteiger partial charge in [-0.1, -0.05) is 24.6 Å². The van der Waals surface area contributed by atoms with Gasteiger partial charge in [-0.3, -0.25) is 0 Å². The maximum Gasteiger partial charge on any atom is 0.240 e.